The summed E-state index contributed by atoms with van der Waals surface area (Å²) in [6.07, 6.45) is 10.9. The second kappa shape index (κ2) is 9.62. The van der Waals surface area contributed by atoms with Gasteiger partial charge in [0.15, 0.2) is 0 Å². The molecule has 0 saturated carbocycles. The van der Waals surface area contributed by atoms with Crippen molar-refractivity contribution in [3.05, 3.63) is 85.3 Å². The molecule has 0 atom stereocenters. The molecule has 2 aliphatic rings. The van der Waals surface area contributed by atoms with E-state index in [1.165, 1.54) is 6.20 Å². The fourth-order valence-electron chi connectivity index (χ4n) is 3.14. The first-order valence-corrected chi connectivity index (χ1v) is 9.42. The SMILES string of the molecule is C=C/C=C\C=C.COc1ccc2c(c1)N(N)/C(=C\N)Cc1c(C3=NCCO3)ncn1-2. The summed E-state index contributed by atoms with van der Waals surface area (Å²) in [5, 5.41) is 1.58. The summed E-state index contributed by atoms with van der Waals surface area (Å²) in [5.41, 5.74) is 9.90. The van der Waals surface area contributed by atoms with Crippen LogP contribution in [-0.4, -0.2) is 35.7 Å². The van der Waals surface area contributed by atoms with Gasteiger partial charge in [-0.2, -0.15) is 0 Å². The van der Waals surface area contributed by atoms with Gasteiger partial charge in [0.25, 0.3) is 0 Å². The molecule has 156 valence electrons. The van der Waals surface area contributed by atoms with E-state index in [0.29, 0.717) is 31.2 Å². The highest BCUT2D eigenvalue weighted by Crippen LogP contribution is 2.35. The second-order valence-corrected chi connectivity index (χ2v) is 6.36. The number of ether oxygens (including phenoxy) is 2. The van der Waals surface area contributed by atoms with E-state index < -0.39 is 0 Å². The van der Waals surface area contributed by atoms with Crippen molar-refractivity contribution in [2.75, 3.05) is 25.3 Å². The summed E-state index contributed by atoms with van der Waals surface area (Å²) in [7, 11) is 1.62. The van der Waals surface area contributed by atoms with Crippen LogP contribution in [0, 0.1) is 0 Å². The van der Waals surface area contributed by atoms with Gasteiger partial charge in [-0.05, 0) is 12.1 Å². The van der Waals surface area contributed by atoms with Crippen molar-refractivity contribution in [2.45, 2.75) is 6.42 Å². The third-order valence-electron chi connectivity index (χ3n) is 4.59. The molecule has 1 aromatic carbocycles. The first-order chi connectivity index (χ1) is 14.6. The normalized spacial score (nSPS) is 16.0. The highest BCUT2D eigenvalue weighted by molar-refractivity contribution is 5.94. The van der Waals surface area contributed by atoms with E-state index in [2.05, 4.69) is 23.1 Å². The smallest absolute Gasteiger partial charge is 0.237 e. The topological polar surface area (TPSA) is 104 Å². The van der Waals surface area contributed by atoms with Crippen LogP contribution in [0.3, 0.4) is 0 Å². The number of fused-ring (bicyclic) bond motifs is 3. The largest absolute Gasteiger partial charge is 0.497 e. The summed E-state index contributed by atoms with van der Waals surface area (Å²) >= 11 is 0. The molecule has 8 heteroatoms. The lowest BCUT2D eigenvalue weighted by molar-refractivity contribution is 0.347. The Morgan fingerprint density at radius 2 is 1.97 bits per heavy atom. The molecule has 2 aromatic rings. The molecule has 1 aromatic heterocycles. The van der Waals surface area contributed by atoms with Gasteiger partial charge in [0.05, 0.1) is 36.4 Å². The van der Waals surface area contributed by atoms with E-state index in [1.54, 1.807) is 30.6 Å². The van der Waals surface area contributed by atoms with Crippen LogP contribution in [0.5, 0.6) is 5.75 Å². The lowest BCUT2D eigenvalue weighted by Gasteiger charge is -2.21. The number of hydrazine groups is 1. The fourth-order valence-corrected chi connectivity index (χ4v) is 3.14. The van der Waals surface area contributed by atoms with Crippen molar-refractivity contribution in [2.24, 2.45) is 16.6 Å². The van der Waals surface area contributed by atoms with E-state index in [0.717, 1.165) is 28.5 Å². The number of hydrogen-bond donors (Lipinski definition) is 2. The molecule has 8 nitrogen and oxygen atoms in total. The maximum Gasteiger partial charge on any atom is 0.237 e. The molecule has 0 spiro atoms. The highest BCUT2D eigenvalue weighted by atomic mass is 16.5. The van der Waals surface area contributed by atoms with Crippen LogP contribution < -0.4 is 21.3 Å². The monoisotopic (exact) mass is 406 g/mol. The maximum absolute atomic E-state index is 6.30. The number of imidazole rings is 1. The number of aromatic nitrogens is 2. The van der Waals surface area contributed by atoms with E-state index in [9.17, 15) is 0 Å². The summed E-state index contributed by atoms with van der Waals surface area (Å²) in [4.78, 5) is 8.88. The predicted molar refractivity (Wildman–Crippen MR) is 120 cm³/mol. The van der Waals surface area contributed by atoms with Gasteiger partial charge in [0, 0.05) is 18.7 Å². The molecule has 0 radical (unpaired) electrons. The molecule has 0 bridgehead atoms. The average molecular weight is 406 g/mol. The van der Waals surface area contributed by atoms with Crippen LogP contribution in [0.1, 0.15) is 11.4 Å². The van der Waals surface area contributed by atoms with Crippen LogP contribution in [0.25, 0.3) is 5.69 Å². The van der Waals surface area contributed by atoms with Gasteiger partial charge in [-0.25, -0.2) is 15.8 Å². The van der Waals surface area contributed by atoms with Crippen molar-refractivity contribution in [1.29, 1.82) is 0 Å². The second-order valence-electron chi connectivity index (χ2n) is 6.36. The third-order valence-corrected chi connectivity index (χ3v) is 4.59. The van der Waals surface area contributed by atoms with E-state index in [1.807, 2.05) is 34.9 Å². The zero-order valence-electron chi connectivity index (χ0n) is 17.0. The summed E-state index contributed by atoms with van der Waals surface area (Å²) in [6, 6.07) is 5.70. The Morgan fingerprint density at radius 3 is 2.57 bits per heavy atom. The number of hydrogen-bond acceptors (Lipinski definition) is 7. The molecule has 0 fully saturated rings. The Hall–Kier alpha value is -3.78. The van der Waals surface area contributed by atoms with Crippen LogP contribution in [0.15, 0.2) is 78.9 Å². The number of allylic oxidation sites excluding steroid dienone is 5. The van der Waals surface area contributed by atoms with Crippen molar-refractivity contribution >= 4 is 11.6 Å². The molecule has 3 heterocycles. The van der Waals surface area contributed by atoms with Crippen LogP contribution >= 0.6 is 0 Å². The van der Waals surface area contributed by atoms with Gasteiger partial charge in [0.2, 0.25) is 5.90 Å². The number of anilines is 1. The number of methoxy groups -OCH3 is 1. The van der Waals surface area contributed by atoms with E-state index in [4.69, 9.17) is 21.1 Å². The summed E-state index contributed by atoms with van der Waals surface area (Å²) in [6.45, 7) is 8.16. The van der Waals surface area contributed by atoms with E-state index in [-0.39, 0.29) is 0 Å². The van der Waals surface area contributed by atoms with Crippen LogP contribution in [0.4, 0.5) is 5.69 Å². The third kappa shape index (κ3) is 4.13. The Kier molecular flexibility index (Phi) is 6.71. The zero-order valence-corrected chi connectivity index (χ0v) is 17.0. The lowest BCUT2D eigenvalue weighted by Crippen LogP contribution is -2.31. The van der Waals surface area contributed by atoms with Crippen LogP contribution in [0.2, 0.25) is 0 Å². The molecule has 2 aliphatic heterocycles. The van der Waals surface area contributed by atoms with Gasteiger partial charge in [-0.15, -0.1) is 0 Å². The van der Waals surface area contributed by atoms with Gasteiger partial charge < -0.3 is 15.2 Å². The van der Waals surface area contributed by atoms with Gasteiger partial charge in [-0.3, -0.25) is 9.58 Å². The average Bonchev–Trinajstić information content (AvgIpc) is 3.43. The van der Waals surface area contributed by atoms with Gasteiger partial charge >= 0.3 is 0 Å². The van der Waals surface area contributed by atoms with Crippen molar-refractivity contribution in [1.82, 2.24) is 9.55 Å². The molecule has 0 saturated heterocycles. The number of nitrogens with two attached hydrogens (primary N) is 2. The molecule has 30 heavy (non-hydrogen) atoms. The van der Waals surface area contributed by atoms with Gasteiger partial charge in [-0.1, -0.05) is 37.5 Å². The van der Waals surface area contributed by atoms with E-state index >= 15 is 0 Å². The van der Waals surface area contributed by atoms with Gasteiger partial charge in [0.1, 0.15) is 24.4 Å². The zero-order chi connectivity index (χ0) is 21.5. The molecule has 4 rings (SSSR count). The number of benzene rings is 1. The number of rotatable bonds is 4. The molecular formula is C22H26N6O2. The quantitative estimate of drug-likeness (QED) is 0.597. The minimum atomic E-state index is 0.516. The number of nitrogens with zero attached hydrogens (tertiary/aromatic N) is 4. The Balaban J connectivity index is 0.000000377. The molecule has 4 N–H and O–H groups in total. The molecule has 0 unspecified atom stereocenters. The first-order valence-electron chi connectivity index (χ1n) is 9.42. The maximum atomic E-state index is 6.30. The Morgan fingerprint density at radius 1 is 1.20 bits per heavy atom. The Labute approximate surface area is 176 Å². The molecular weight excluding hydrogens is 380 g/mol. The van der Waals surface area contributed by atoms with Crippen molar-refractivity contribution in [3.8, 4) is 11.4 Å². The van der Waals surface area contributed by atoms with Crippen LogP contribution in [-0.2, 0) is 11.2 Å². The molecule has 0 amide bonds. The fraction of sp³-hybridized carbons (Fsp3) is 0.182. The highest BCUT2D eigenvalue weighted by Gasteiger charge is 2.28. The first kappa shape index (κ1) is 20.9. The summed E-state index contributed by atoms with van der Waals surface area (Å²) < 4.78 is 12.9. The standard InChI is InChI=1S/C16H18N6O2.C6H8/c1-23-11-2-3-12-13(7-11)22(18)10(8-17)6-14-15(20-9-21(12)14)16-19-4-5-24-16;1-3-5-6-4-2/h2-3,7-9H,4-6,17-18H2,1H3;3-6H,1-2H2/b10-8-;6-5-. The predicted octanol–water partition coefficient (Wildman–Crippen LogP) is 2.61. The minimum Gasteiger partial charge on any atom is -0.497 e. The molecule has 0 aliphatic carbocycles. The minimum absolute atomic E-state index is 0.516. The lowest BCUT2D eigenvalue weighted by atomic mass is 10.2. The number of aliphatic imine (C=N–C) groups is 1. The van der Waals surface area contributed by atoms with Crippen molar-refractivity contribution in [3.63, 3.8) is 0 Å². The summed E-state index contributed by atoms with van der Waals surface area (Å²) in [5.74, 6) is 7.59. The Bertz CT molecular complexity index is 1010. The van der Waals surface area contributed by atoms with Crippen molar-refractivity contribution < 1.29 is 9.47 Å².